The third-order valence-electron chi connectivity index (χ3n) is 1.47. The Morgan fingerprint density at radius 1 is 1.18 bits per heavy atom. The minimum atomic E-state index is 1.11. The number of rotatable bonds is 2. The molecule has 0 heterocycles. The summed E-state index contributed by atoms with van der Waals surface area (Å²) in [4.78, 5) is 0. The van der Waals surface area contributed by atoms with Gasteiger partial charge < -0.3 is 0 Å². The molecule has 0 spiro atoms. The van der Waals surface area contributed by atoms with Crippen molar-refractivity contribution in [2.75, 3.05) is 0 Å². The summed E-state index contributed by atoms with van der Waals surface area (Å²) in [5.41, 5.74) is 1.41. The molecule has 1 aromatic carbocycles. The van der Waals surface area contributed by atoms with E-state index in [1.165, 1.54) is 15.1 Å². The Hall–Kier alpha value is -0.0500. The highest BCUT2D eigenvalue weighted by Crippen LogP contribution is 2.11. The fourth-order valence-corrected chi connectivity index (χ4v) is 1.37. The minimum absolute atomic E-state index is 1.11. The second-order valence-corrected chi connectivity index (χ2v) is 4.26. The van der Waals surface area contributed by atoms with E-state index in [9.17, 15) is 0 Å². The normalized spacial score (nSPS) is 10.5. The Labute approximate surface area is 82.2 Å². The maximum atomic E-state index is 2.32. The first-order valence-corrected chi connectivity index (χ1v) is 4.80. The highest BCUT2D eigenvalue weighted by atomic mass is 127. The van der Waals surface area contributed by atoms with Crippen LogP contribution in [0.4, 0.5) is 0 Å². The molecule has 0 saturated heterocycles. The topological polar surface area (TPSA) is 0 Å². The van der Waals surface area contributed by atoms with E-state index in [1.54, 1.807) is 0 Å². The number of benzene rings is 1. The van der Waals surface area contributed by atoms with Crippen molar-refractivity contribution in [3.8, 4) is 0 Å². The quantitative estimate of drug-likeness (QED) is 0.713. The lowest BCUT2D eigenvalue weighted by Gasteiger charge is -2.03. The summed E-state index contributed by atoms with van der Waals surface area (Å²) in [6, 6.07) is 8.68. The Morgan fingerprint density at radius 2 is 1.73 bits per heavy atom. The summed E-state index contributed by atoms with van der Waals surface area (Å²) in [5, 5.41) is 0. The van der Waals surface area contributed by atoms with Crippen LogP contribution in [0, 0.1) is 9.49 Å². The van der Waals surface area contributed by atoms with Crippen LogP contribution in [0.2, 0.25) is 0 Å². The lowest BCUT2D eigenvalue weighted by molar-refractivity contribution is 0.956. The van der Waals surface area contributed by atoms with E-state index in [4.69, 9.17) is 0 Å². The molecule has 1 radical (unpaired) electrons. The zero-order valence-corrected chi connectivity index (χ0v) is 9.05. The maximum absolute atomic E-state index is 2.32. The predicted molar refractivity (Wildman–Crippen MR) is 57.5 cm³/mol. The van der Waals surface area contributed by atoms with Crippen molar-refractivity contribution in [1.29, 1.82) is 0 Å². The third kappa shape index (κ3) is 3.23. The molecule has 0 nitrogen and oxygen atoms in total. The van der Waals surface area contributed by atoms with Gasteiger partial charge >= 0.3 is 0 Å². The van der Waals surface area contributed by atoms with Gasteiger partial charge in [0.05, 0.1) is 0 Å². The van der Waals surface area contributed by atoms with Crippen LogP contribution in [0.3, 0.4) is 0 Å². The lowest BCUT2D eigenvalue weighted by atomic mass is 10.0. The van der Waals surface area contributed by atoms with Gasteiger partial charge in [0.2, 0.25) is 0 Å². The SMILES string of the molecule is C[C](C)Cc1ccc(I)cc1. The third-order valence-corrected chi connectivity index (χ3v) is 2.19. The number of hydrogen-bond donors (Lipinski definition) is 0. The molecule has 11 heavy (non-hydrogen) atoms. The second-order valence-electron chi connectivity index (χ2n) is 3.01. The molecule has 1 heteroatoms. The van der Waals surface area contributed by atoms with Gasteiger partial charge in [-0.3, -0.25) is 0 Å². The summed E-state index contributed by atoms with van der Waals surface area (Å²) in [6.45, 7) is 4.33. The molecule has 0 bridgehead atoms. The summed E-state index contributed by atoms with van der Waals surface area (Å²) in [5.74, 6) is 1.46. The molecule has 0 aliphatic carbocycles. The molecule has 1 aromatic rings. The van der Waals surface area contributed by atoms with Crippen molar-refractivity contribution in [3.05, 3.63) is 39.3 Å². The molecule has 1 rings (SSSR count). The first-order valence-electron chi connectivity index (χ1n) is 3.72. The minimum Gasteiger partial charge on any atom is -0.0591 e. The first-order chi connectivity index (χ1) is 5.18. The highest BCUT2D eigenvalue weighted by Gasteiger charge is 1.96. The van der Waals surface area contributed by atoms with Crippen LogP contribution < -0.4 is 0 Å². The summed E-state index contributed by atoms with van der Waals surface area (Å²) < 4.78 is 1.31. The molecule has 0 atom stereocenters. The van der Waals surface area contributed by atoms with E-state index in [1.807, 2.05) is 0 Å². The molecular formula is C10H12I. The molecule has 0 saturated carbocycles. The summed E-state index contributed by atoms with van der Waals surface area (Å²) in [6.07, 6.45) is 1.11. The number of halogens is 1. The molecule has 59 valence electrons. The van der Waals surface area contributed by atoms with Gasteiger partial charge in [0.15, 0.2) is 0 Å². The van der Waals surface area contributed by atoms with Crippen molar-refractivity contribution < 1.29 is 0 Å². The van der Waals surface area contributed by atoms with Crippen molar-refractivity contribution in [2.24, 2.45) is 0 Å². The van der Waals surface area contributed by atoms with E-state index in [2.05, 4.69) is 60.7 Å². The van der Waals surface area contributed by atoms with Gasteiger partial charge in [-0.05, 0) is 52.6 Å². The Kier molecular flexibility index (Phi) is 3.37. The van der Waals surface area contributed by atoms with Gasteiger partial charge in [-0.25, -0.2) is 0 Å². The fourth-order valence-electron chi connectivity index (χ4n) is 1.01. The van der Waals surface area contributed by atoms with Crippen LogP contribution in [-0.4, -0.2) is 0 Å². The molecule has 0 N–H and O–H groups in total. The fraction of sp³-hybridized carbons (Fsp3) is 0.300. The second kappa shape index (κ2) is 4.10. The number of hydrogen-bond acceptors (Lipinski definition) is 0. The summed E-state index contributed by atoms with van der Waals surface area (Å²) >= 11 is 2.32. The molecule has 0 aromatic heterocycles. The summed E-state index contributed by atoms with van der Waals surface area (Å²) in [7, 11) is 0. The van der Waals surface area contributed by atoms with Gasteiger partial charge in [0.25, 0.3) is 0 Å². The predicted octanol–water partition coefficient (Wildman–Crippen LogP) is 3.45. The zero-order valence-electron chi connectivity index (χ0n) is 6.89. The van der Waals surface area contributed by atoms with Gasteiger partial charge in [0, 0.05) is 3.57 Å². The van der Waals surface area contributed by atoms with E-state index >= 15 is 0 Å². The van der Waals surface area contributed by atoms with Crippen LogP contribution in [-0.2, 0) is 6.42 Å². The Bertz CT molecular complexity index is 211. The van der Waals surface area contributed by atoms with Gasteiger partial charge in [-0.1, -0.05) is 26.0 Å². The van der Waals surface area contributed by atoms with Crippen LogP contribution in [0.5, 0.6) is 0 Å². The van der Waals surface area contributed by atoms with Gasteiger partial charge in [-0.15, -0.1) is 0 Å². The largest absolute Gasteiger partial charge is 0.0591 e. The molecule has 0 aliphatic rings. The van der Waals surface area contributed by atoms with Crippen LogP contribution in [0.1, 0.15) is 19.4 Å². The van der Waals surface area contributed by atoms with Gasteiger partial charge in [-0.2, -0.15) is 0 Å². The standard InChI is InChI=1S/C10H12I/c1-8(2)7-9-3-5-10(11)6-4-9/h3-6H,7H2,1-2H3. The van der Waals surface area contributed by atoms with Crippen LogP contribution >= 0.6 is 22.6 Å². The zero-order chi connectivity index (χ0) is 8.27. The molecule has 0 unspecified atom stereocenters. The van der Waals surface area contributed by atoms with Crippen LogP contribution in [0.15, 0.2) is 24.3 Å². The highest BCUT2D eigenvalue weighted by molar-refractivity contribution is 14.1. The van der Waals surface area contributed by atoms with Crippen molar-refractivity contribution in [2.45, 2.75) is 20.3 Å². The Balaban J connectivity index is 2.66. The van der Waals surface area contributed by atoms with E-state index in [0.29, 0.717) is 0 Å². The smallest absolute Gasteiger partial charge is 0.0130 e. The van der Waals surface area contributed by atoms with Crippen molar-refractivity contribution in [1.82, 2.24) is 0 Å². The maximum Gasteiger partial charge on any atom is 0.0130 e. The van der Waals surface area contributed by atoms with E-state index in [0.717, 1.165) is 6.42 Å². The van der Waals surface area contributed by atoms with E-state index < -0.39 is 0 Å². The molecule has 0 aliphatic heterocycles. The first kappa shape index (κ1) is 9.04. The van der Waals surface area contributed by atoms with E-state index in [-0.39, 0.29) is 0 Å². The lowest BCUT2D eigenvalue weighted by Crippen LogP contribution is -1.90. The van der Waals surface area contributed by atoms with Crippen LogP contribution in [0.25, 0.3) is 0 Å². The average Bonchev–Trinajstić information content (AvgIpc) is 1.93. The van der Waals surface area contributed by atoms with Gasteiger partial charge in [0.1, 0.15) is 0 Å². The molecule has 0 amide bonds. The Morgan fingerprint density at radius 3 is 2.18 bits per heavy atom. The monoisotopic (exact) mass is 259 g/mol. The molecular weight excluding hydrogens is 247 g/mol. The molecule has 0 fully saturated rings. The van der Waals surface area contributed by atoms with Crippen molar-refractivity contribution >= 4 is 22.6 Å². The van der Waals surface area contributed by atoms with Crippen molar-refractivity contribution in [3.63, 3.8) is 0 Å². The average molecular weight is 259 g/mol.